The Morgan fingerprint density at radius 2 is 1.69 bits per heavy atom. The van der Waals surface area contributed by atoms with E-state index in [1.807, 2.05) is 60.7 Å². The van der Waals surface area contributed by atoms with Gasteiger partial charge in [0, 0.05) is 5.39 Å². The van der Waals surface area contributed by atoms with E-state index in [1.165, 1.54) is 7.11 Å². The second-order valence-corrected chi connectivity index (χ2v) is 7.47. The number of ether oxygens (including phenoxy) is 2. The molecule has 3 aromatic carbocycles. The number of hydrogen-bond acceptors (Lipinski definition) is 4. The minimum absolute atomic E-state index is 0.381. The summed E-state index contributed by atoms with van der Waals surface area (Å²) in [6, 6.07) is 20.2. The lowest BCUT2D eigenvalue weighted by Crippen LogP contribution is -2.29. The van der Waals surface area contributed by atoms with E-state index in [2.05, 4.69) is 4.72 Å². The van der Waals surface area contributed by atoms with Crippen molar-refractivity contribution in [2.75, 3.05) is 14.2 Å². The van der Waals surface area contributed by atoms with E-state index >= 15 is 0 Å². The van der Waals surface area contributed by atoms with Crippen LogP contribution in [0.15, 0.2) is 83.3 Å². The second-order valence-electron chi connectivity index (χ2n) is 6.28. The summed E-state index contributed by atoms with van der Waals surface area (Å²) in [6.45, 7) is 1.76. The van der Waals surface area contributed by atoms with Crippen molar-refractivity contribution in [2.24, 2.45) is 0 Å². The molecule has 150 valence electrons. The van der Waals surface area contributed by atoms with Crippen molar-refractivity contribution >= 4 is 27.7 Å². The summed E-state index contributed by atoms with van der Waals surface area (Å²) < 4.78 is 27.0. The Morgan fingerprint density at radius 1 is 1.00 bits per heavy atom. The number of fused-ring (bicyclic) bond motifs is 1. The van der Waals surface area contributed by atoms with Crippen LogP contribution in [0.4, 0.5) is 0 Å². The Kier molecular flexibility index (Phi) is 6.80. The van der Waals surface area contributed by atoms with Crippen molar-refractivity contribution in [3.05, 3.63) is 83.9 Å². The molecule has 0 bridgehead atoms. The van der Waals surface area contributed by atoms with Gasteiger partial charge in [-0.05, 0) is 23.9 Å². The van der Waals surface area contributed by atoms with Crippen molar-refractivity contribution in [3.63, 3.8) is 0 Å². The molecule has 29 heavy (non-hydrogen) atoms. The van der Waals surface area contributed by atoms with Crippen molar-refractivity contribution in [1.29, 1.82) is 0 Å². The summed E-state index contributed by atoms with van der Waals surface area (Å²) in [5.74, 6) is 0.0391. The third kappa shape index (κ3) is 4.39. The molecule has 0 fully saturated rings. The van der Waals surface area contributed by atoms with Crippen LogP contribution in [0, 0.1) is 0 Å². The first-order valence-electron chi connectivity index (χ1n) is 9.13. The van der Waals surface area contributed by atoms with Crippen LogP contribution in [0.25, 0.3) is 10.8 Å². The molecule has 0 aliphatic carbocycles. The lowest BCUT2D eigenvalue weighted by molar-refractivity contribution is -0.136. The molecular weight excluding hydrogens is 386 g/mol. The van der Waals surface area contributed by atoms with Crippen molar-refractivity contribution in [3.8, 4) is 5.75 Å². The zero-order valence-corrected chi connectivity index (χ0v) is 17.4. The first-order valence-corrected chi connectivity index (χ1v) is 10.3. The summed E-state index contributed by atoms with van der Waals surface area (Å²) >= 11 is 0. The fourth-order valence-electron chi connectivity index (χ4n) is 3.22. The number of nitrogens with one attached hydrogen (secondary N) is 1. The van der Waals surface area contributed by atoms with Crippen LogP contribution in [0.2, 0.25) is 0 Å². The molecule has 0 spiro atoms. The average Bonchev–Trinajstić information content (AvgIpc) is 2.78. The molecular formula is C23H23NO4S. The largest absolute Gasteiger partial charge is 0.495 e. The molecule has 6 heteroatoms. The van der Waals surface area contributed by atoms with Crippen LogP contribution < -0.4 is 9.46 Å². The van der Waals surface area contributed by atoms with Crippen LogP contribution in [0.3, 0.4) is 0 Å². The second kappa shape index (κ2) is 9.49. The van der Waals surface area contributed by atoms with Gasteiger partial charge < -0.3 is 9.47 Å². The van der Waals surface area contributed by atoms with E-state index in [4.69, 9.17) is 9.47 Å². The maximum atomic E-state index is 13.5. The molecule has 0 aliphatic heterocycles. The van der Waals surface area contributed by atoms with E-state index < -0.39 is 23.0 Å². The fraction of sp³-hybridized carbons (Fsp3) is 0.174. The third-order valence-corrected chi connectivity index (χ3v) is 5.89. The molecule has 0 aromatic heterocycles. The van der Waals surface area contributed by atoms with Gasteiger partial charge in [-0.3, -0.25) is 0 Å². The molecule has 0 amide bonds. The Bertz CT molecular complexity index is 1060. The Hall–Kier alpha value is -2.96. The number of carbonyl (C=O) groups excluding carboxylic acids is 1. The molecule has 0 saturated heterocycles. The van der Waals surface area contributed by atoms with Gasteiger partial charge in [-0.25, -0.2) is 13.7 Å². The third-order valence-electron chi connectivity index (χ3n) is 4.65. The van der Waals surface area contributed by atoms with Crippen molar-refractivity contribution in [2.45, 2.75) is 17.9 Å². The number of benzene rings is 3. The molecule has 2 atom stereocenters. The molecule has 0 saturated carbocycles. The van der Waals surface area contributed by atoms with E-state index in [-0.39, 0.29) is 0 Å². The van der Waals surface area contributed by atoms with Gasteiger partial charge in [-0.1, -0.05) is 66.7 Å². The van der Waals surface area contributed by atoms with Crippen LogP contribution in [0.1, 0.15) is 18.5 Å². The van der Waals surface area contributed by atoms with Crippen LogP contribution in [-0.2, 0) is 20.5 Å². The average molecular weight is 410 g/mol. The predicted molar refractivity (Wildman–Crippen MR) is 115 cm³/mol. The highest BCUT2D eigenvalue weighted by molar-refractivity contribution is 7.83. The van der Waals surface area contributed by atoms with Gasteiger partial charge >= 0.3 is 5.97 Å². The monoisotopic (exact) mass is 409 g/mol. The van der Waals surface area contributed by atoms with Gasteiger partial charge in [0.2, 0.25) is 0 Å². The first-order chi connectivity index (χ1) is 14.1. The van der Waals surface area contributed by atoms with Gasteiger partial charge in [-0.2, -0.15) is 0 Å². The molecule has 0 unspecified atom stereocenters. The number of hydrogen-bond donors (Lipinski definition) is 1. The lowest BCUT2D eigenvalue weighted by atomic mass is 9.99. The predicted octanol–water partition coefficient (Wildman–Crippen LogP) is 4.32. The van der Waals surface area contributed by atoms with Gasteiger partial charge in [0.1, 0.15) is 21.6 Å². The maximum Gasteiger partial charge on any atom is 0.335 e. The summed E-state index contributed by atoms with van der Waals surface area (Å²) in [5.41, 5.74) is 1.19. The number of allylic oxidation sites excluding steroid dienone is 1. The number of methoxy groups -OCH3 is 2. The maximum absolute atomic E-state index is 13.5. The first kappa shape index (κ1) is 20.8. The van der Waals surface area contributed by atoms with E-state index in [0.29, 0.717) is 16.2 Å². The lowest BCUT2D eigenvalue weighted by Gasteiger charge is -2.21. The zero-order valence-electron chi connectivity index (χ0n) is 16.5. The quantitative estimate of drug-likeness (QED) is 0.466. The van der Waals surface area contributed by atoms with Crippen LogP contribution in [-0.4, -0.2) is 24.4 Å². The highest BCUT2D eigenvalue weighted by atomic mass is 32.2. The topological polar surface area (TPSA) is 64.6 Å². The van der Waals surface area contributed by atoms with Crippen LogP contribution in [0.5, 0.6) is 5.75 Å². The normalized spacial score (nSPS) is 13.7. The summed E-state index contributed by atoms with van der Waals surface area (Å²) in [5, 5.41) is 1.78. The van der Waals surface area contributed by atoms with Crippen LogP contribution >= 0.6 is 0 Å². The van der Waals surface area contributed by atoms with Gasteiger partial charge in [0.05, 0.1) is 25.8 Å². The van der Waals surface area contributed by atoms with Gasteiger partial charge in [0.25, 0.3) is 0 Å². The van der Waals surface area contributed by atoms with Crippen molar-refractivity contribution in [1.82, 2.24) is 4.72 Å². The Morgan fingerprint density at radius 3 is 2.34 bits per heavy atom. The summed E-state index contributed by atoms with van der Waals surface area (Å²) in [7, 11) is 1.21. The molecule has 0 heterocycles. The van der Waals surface area contributed by atoms with Gasteiger partial charge in [0.15, 0.2) is 0 Å². The van der Waals surface area contributed by atoms with E-state index in [9.17, 15) is 9.00 Å². The number of rotatable bonds is 7. The number of esters is 1. The van der Waals surface area contributed by atoms with Crippen molar-refractivity contribution < 1.29 is 18.5 Å². The number of carbonyl (C=O) groups is 1. The fourth-order valence-corrected chi connectivity index (χ4v) is 4.53. The van der Waals surface area contributed by atoms with E-state index in [0.717, 1.165) is 16.3 Å². The van der Waals surface area contributed by atoms with Gasteiger partial charge in [-0.15, -0.1) is 0 Å². The Balaban J connectivity index is 2.08. The zero-order chi connectivity index (χ0) is 20.8. The summed E-state index contributed by atoms with van der Waals surface area (Å²) in [4.78, 5) is 12.9. The molecule has 5 nitrogen and oxygen atoms in total. The Labute approximate surface area is 172 Å². The molecule has 0 aliphatic rings. The summed E-state index contributed by atoms with van der Waals surface area (Å²) in [6.07, 6.45) is 1.67. The standard InChI is InChI=1S/C23H23NO4S/c1-4-18(23(25)28-3)21(17-11-6-5-7-12-17)24-29(26)22-19-13-9-8-10-16(19)14-15-20(22)27-2/h4-15,21,24H,1-3H3/b18-4+/t21-,29-/m0/s1. The molecule has 3 rings (SSSR count). The molecule has 0 radical (unpaired) electrons. The minimum Gasteiger partial charge on any atom is -0.495 e. The highest BCUT2D eigenvalue weighted by Gasteiger charge is 2.26. The SMILES string of the molecule is C/C=C(/C(=O)OC)[C@@H](N[S@@](=O)c1c(OC)ccc2ccccc12)c1ccccc1. The smallest absolute Gasteiger partial charge is 0.335 e. The minimum atomic E-state index is -1.66. The van der Waals surface area contributed by atoms with E-state index in [1.54, 1.807) is 26.2 Å². The molecule has 3 aromatic rings. The molecule has 1 N–H and O–H groups in total. The highest BCUT2D eigenvalue weighted by Crippen LogP contribution is 2.32.